The van der Waals surface area contributed by atoms with Crippen molar-refractivity contribution in [2.45, 2.75) is 20.8 Å². The molecule has 1 aromatic rings. The first-order valence-corrected chi connectivity index (χ1v) is 5.40. The molecule has 15 heavy (non-hydrogen) atoms. The monoisotopic (exact) mass is 201 g/mol. The van der Waals surface area contributed by atoms with Crippen LogP contribution in [0.4, 0.5) is 5.69 Å². The van der Waals surface area contributed by atoms with Gasteiger partial charge in [-0.3, -0.25) is 4.99 Å². The van der Waals surface area contributed by atoms with Gasteiger partial charge in [0.25, 0.3) is 0 Å². The van der Waals surface area contributed by atoms with Crippen LogP contribution in [0.5, 0.6) is 0 Å². The fourth-order valence-corrected chi connectivity index (χ4v) is 1.15. The first-order valence-electron chi connectivity index (χ1n) is 5.40. The Morgan fingerprint density at radius 1 is 1.20 bits per heavy atom. The molecule has 1 aromatic carbocycles. The van der Waals surface area contributed by atoms with E-state index in [0.717, 1.165) is 11.3 Å². The van der Waals surface area contributed by atoms with Gasteiger partial charge < -0.3 is 0 Å². The minimum Gasteiger partial charge on any atom is -0.260 e. The summed E-state index contributed by atoms with van der Waals surface area (Å²) in [7, 11) is 0. The van der Waals surface area contributed by atoms with Crippen LogP contribution < -0.4 is 0 Å². The number of para-hydroxylation sites is 1. The number of rotatable bonds is 4. The minimum atomic E-state index is 0.503. The maximum atomic E-state index is 4.50. The summed E-state index contributed by atoms with van der Waals surface area (Å²) >= 11 is 0. The van der Waals surface area contributed by atoms with Crippen molar-refractivity contribution in [2.75, 3.05) is 0 Å². The van der Waals surface area contributed by atoms with E-state index in [2.05, 4.69) is 32.3 Å². The Bertz CT molecular complexity index is 350. The molecule has 1 atom stereocenters. The Labute approximate surface area is 92.6 Å². The number of benzene rings is 1. The van der Waals surface area contributed by atoms with Gasteiger partial charge in [-0.05, 0) is 23.5 Å². The van der Waals surface area contributed by atoms with Crippen LogP contribution in [0.15, 0.2) is 35.8 Å². The summed E-state index contributed by atoms with van der Waals surface area (Å²) in [6.07, 6.45) is 3.86. The molecule has 0 aliphatic rings. The lowest BCUT2D eigenvalue weighted by Crippen LogP contribution is -2.04. The van der Waals surface area contributed by atoms with Crippen molar-refractivity contribution < 1.29 is 0 Å². The van der Waals surface area contributed by atoms with Crippen molar-refractivity contribution in [3.05, 3.63) is 36.4 Å². The average molecular weight is 201 g/mol. The van der Waals surface area contributed by atoms with Crippen molar-refractivity contribution >= 4 is 18.0 Å². The predicted molar refractivity (Wildman–Crippen MR) is 68.7 cm³/mol. The lowest BCUT2D eigenvalue weighted by Gasteiger charge is -2.09. The molecular weight excluding hydrogens is 182 g/mol. The molecule has 0 aromatic heterocycles. The van der Waals surface area contributed by atoms with Gasteiger partial charge in [0, 0.05) is 6.21 Å². The van der Waals surface area contributed by atoms with E-state index < -0.39 is 0 Å². The van der Waals surface area contributed by atoms with Crippen LogP contribution in [0.2, 0.25) is 0 Å². The largest absolute Gasteiger partial charge is 0.260 e. The first-order chi connectivity index (χ1) is 7.15. The molecule has 0 aliphatic heterocycles. The summed E-state index contributed by atoms with van der Waals surface area (Å²) in [5.41, 5.74) is 2.09. The summed E-state index contributed by atoms with van der Waals surface area (Å²) in [5, 5.41) is 0. The van der Waals surface area contributed by atoms with Gasteiger partial charge >= 0.3 is 0 Å². The van der Waals surface area contributed by atoms with Crippen LogP contribution in [0.25, 0.3) is 6.08 Å². The second-order valence-electron chi connectivity index (χ2n) is 4.14. The van der Waals surface area contributed by atoms with Gasteiger partial charge in [-0.15, -0.1) is 0 Å². The van der Waals surface area contributed by atoms with Gasteiger partial charge in [-0.25, -0.2) is 0 Å². The van der Waals surface area contributed by atoms with E-state index in [1.54, 1.807) is 0 Å². The molecule has 0 aliphatic carbocycles. The molecule has 1 unspecified atom stereocenters. The summed E-state index contributed by atoms with van der Waals surface area (Å²) < 4.78 is 0. The van der Waals surface area contributed by atoms with Gasteiger partial charge in [0.15, 0.2) is 0 Å². The SMILES string of the molecule is C=Cc1ccccc1N=CC(C)C(C)C. The quantitative estimate of drug-likeness (QED) is 0.643. The number of aliphatic imine (C=N–C) groups is 1. The molecule has 1 nitrogen and oxygen atoms in total. The van der Waals surface area contributed by atoms with E-state index in [1.807, 2.05) is 36.6 Å². The summed E-state index contributed by atoms with van der Waals surface area (Å²) in [6.45, 7) is 10.4. The minimum absolute atomic E-state index is 0.503. The topological polar surface area (TPSA) is 12.4 Å². The zero-order valence-electron chi connectivity index (χ0n) is 9.77. The standard InChI is InChI=1S/C14H19N/c1-5-13-8-6-7-9-14(13)15-10-12(4)11(2)3/h5-12H,1H2,2-4H3. The zero-order chi connectivity index (χ0) is 11.3. The van der Waals surface area contributed by atoms with Gasteiger partial charge in [0.1, 0.15) is 0 Å². The highest BCUT2D eigenvalue weighted by Crippen LogP contribution is 2.20. The molecule has 0 bridgehead atoms. The van der Waals surface area contributed by atoms with Crippen molar-refractivity contribution in [3.8, 4) is 0 Å². The molecule has 0 spiro atoms. The predicted octanol–water partition coefficient (Wildman–Crippen LogP) is 4.32. The van der Waals surface area contributed by atoms with Crippen LogP contribution in [0, 0.1) is 11.8 Å². The third kappa shape index (κ3) is 3.35. The third-order valence-corrected chi connectivity index (χ3v) is 2.66. The molecule has 80 valence electrons. The van der Waals surface area contributed by atoms with Crippen LogP contribution in [0.3, 0.4) is 0 Å². The number of hydrogen-bond acceptors (Lipinski definition) is 1. The molecule has 1 heteroatoms. The maximum absolute atomic E-state index is 4.50. The van der Waals surface area contributed by atoms with Crippen molar-refractivity contribution in [2.24, 2.45) is 16.8 Å². The van der Waals surface area contributed by atoms with Crippen molar-refractivity contribution in [1.29, 1.82) is 0 Å². The highest BCUT2D eigenvalue weighted by molar-refractivity contribution is 5.71. The van der Waals surface area contributed by atoms with E-state index in [-0.39, 0.29) is 0 Å². The molecule has 0 heterocycles. The summed E-state index contributed by atoms with van der Waals surface area (Å²) in [5.74, 6) is 1.13. The fourth-order valence-electron chi connectivity index (χ4n) is 1.15. The zero-order valence-corrected chi connectivity index (χ0v) is 9.77. The Morgan fingerprint density at radius 2 is 1.87 bits per heavy atom. The summed E-state index contributed by atoms with van der Waals surface area (Å²) in [6, 6.07) is 8.04. The van der Waals surface area contributed by atoms with E-state index in [1.165, 1.54) is 0 Å². The molecule has 0 amide bonds. The van der Waals surface area contributed by atoms with E-state index in [9.17, 15) is 0 Å². The molecule has 0 saturated carbocycles. The second kappa shape index (κ2) is 5.50. The molecular formula is C14H19N. The van der Waals surface area contributed by atoms with Crippen molar-refractivity contribution in [3.63, 3.8) is 0 Å². The van der Waals surface area contributed by atoms with Crippen LogP contribution in [0.1, 0.15) is 26.3 Å². The van der Waals surface area contributed by atoms with Gasteiger partial charge in [-0.2, -0.15) is 0 Å². The highest BCUT2D eigenvalue weighted by Gasteiger charge is 2.03. The number of nitrogens with zero attached hydrogens (tertiary/aromatic N) is 1. The summed E-state index contributed by atoms with van der Waals surface area (Å²) in [4.78, 5) is 4.50. The third-order valence-electron chi connectivity index (χ3n) is 2.66. The van der Waals surface area contributed by atoms with Gasteiger partial charge in [0.05, 0.1) is 5.69 Å². The van der Waals surface area contributed by atoms with E-state index in [4.69, 9.17) is 0 Å². The smallest absolute Gasteiger partial charge is 0.0697 e. The van der Waals surface area contributed by atoms with Crippen LogP contribution >= 0.6 is 0 Å². The average Bonchev–Trinajstić information content (AvgIpc) is 2.26. The number of hydrogen-bond donors (Lipinski definition) is 0. The first kappa shape index (κ1) is 11.7. The Balaban J connectivity index is 2.84. The normalized spacial score (nSPS) is 13.3. The lowest BCUT2D eigenvalue weighted by atomic mass is 10.00. The maximum Gasteiger partial charge on any atom is 0.0697 e. The Morgan fingerprint density at radius 3 is 2.47 bits per heavy atom. The molecule has 0 saturated heterocycles. The Kier molecular flexibility index (Phi) is 4.29. The molecule has 0 radical (unpaired) electrons. The Hall–Kier alpha value is -1.37. The van der Waals surface area contributed by atoms with Crippen molar-refractivity contribution in [1.82, 2.24) is 0 Å². The molecule has 0 fully saturated rings. The van der Waals surface area contributed by atoms with E-state index in [0.29, 0.717) is 11.8 Å². The van der Waals surface area contributed by atoms with Crippen LogP contribution in [-0.4, -0.2) is 6.21 Å². The second-order valence-corrected chi connectivity index (χ2v) is 4.14. The fraction of sp³-hybridized carbons (Fsp3) is 0.357. The lowest BCUT2D eigenvalue weighted by molar-refractivity contribution is 0.541. The molecule has 0 N–H and O–H groups in total. The van der Waals surface area contributed by atoms with Gasteiger partial charge in [-0.1, -0.05) is 51.6 Å². The van der Waals surface area contributed by atoms with E-state index >= 15 is 0 Å². The van der Waals surface area contributed by atoms with Crippen LogP contribution in [-0.2, 0) is 0 Å². The highest BCUT2D eigenvalue weighted by atomic mass is 14.7. The van der Waals surface area contributed by atoms with Gasteiger partial charge in [0.2, 0.25) is 0 Å². The molecule has 1 rings (SSSR count).